The Morgan fingerprint density at radius 3 is 2.67 bits per heavy atom. The summed E-state index contributed by atoms with van der Waals surface area (Å²) in [6.45, 7) is 1.82. The summed E-state index contributed by atoms with van der Waals surface area (Å²) in [5.41, 5.74) is 0. The van der Waals surface area contributed by atoms with Gasteiger partial charge >= 0.3 is 0 Å². The molecule has 0 fully saturated rings. The molecule has 2 nitrogen and oxygen atoms in total. The molecule has 0 aliphatic carbocycles. The summed E-state index contributed by atoms with van der Waals surface area (Å²) in [6.07, 6.45) is 0. The van der Waals surface area contributed by atoms with E-state index in [2.05, 4.69) is 4.98 Å². The Balaban J connectivity index is 3.20. The number of aromatic nitrogens is 1. The van der Waals surface area contributed by atoms with E-state index in [9.17, 15) is 0 Å². The molecule has 46 valence electrons. The molecule has 0 spiro atoms. The van der Waals surface area contributed by atoms with Gasteiger partial charge in [-0.15, -0.1) is 11.3 Å². The third-order valence-corrected chi connectivity index (χ3v) is 2.06. The van der Waals surface area contributed by atoms with Crippen LogP contribution < -0.4 is 0 Å². The summed E-state index contributed by atoms with van der Waals surface area (Å²) >= 11 is 6.83. The minimum atomic E-state index is 0.319. The predicted molar refractivity (Wildman–Crippen MR) is 36.6 cm³/mol. The number of aryl methyl sites for hydroxylation is 1. The lowest BCUT2D eigenvalue weighted by molar-refractivity contribution is 1.29. The third kappa shape index (κ3) is 1.21. The van der Waals surface area contributed by atoms with E-state index in [1.54, 1.807) is 0 Å². The van der Waals surface area contributed by atoms with E-state index in [4.69, 9.17) is 16.9 Å². The normalized spacial score (nSPS) is 9.00. The van der Waals surface area contributed by atoms with Crippen LogP contribution in [0.25, 0.3) is 0 Å². The molecule has 0 aliphatic heterocycles. The first-order valence-electron chi connectivity index (χ1n) is 2.27. The Morgan fingerprint density at radius 2 is 2.44 bits per heavy atom. The van der Waals surface area contributed by atoms with Crippen LogP contribution in [0.4, 0.5) is 0 Å². The topological polar surface area (TPSA) is 36.7 Å². The highest BCUT2D eigenvalue weighted by Crippen LogP contribution is 2.20. The summed E-state index contributed by atoms with van der Waals surface area (Å²) < 4.78 is 0. The molecular weight excluding hydrogens is 156 g/mol. The van der Waals surface area contributed by atoms with Crippen LogP contribution in [0.15, 0.2) is 0 Å². The Morgan fingerprint density at radius 1 is 1.78 bits per heavy atom. The molecule has 0 saturated carbocycles. The van der Waals surface area contributed by atoms with Crippen molar-refractivity contribution in [3.05, 3.63) is 15.0 Å². The van der Waals surface area contributed by atoms with Crippen LogP contribution in [0, 0.1) is 18.3 Å². The zero-order chi connectivity index (χ0) is 6.85. The lowest BCUT2D eigenvalue weighted by Crippen LogP contribution is -1.65. The van der Waals surface area contributed by atoms with Crippen LogP contribution in [-0.4, -0.2) is 4.98 Å². The molecule has 0 amide bonds. The number of thiazole rings is 1. The van der Waals surface area contributed by atoms with Gasteiger partial charge in [-0.25, -0.2) is 4.98 Å². The van der Waals surface area contributed by atoms with Gasteiger partial charge in [-0.1, -0.05) is 11.6 Å². The second kappa shape index (κ2) is 2.34. The highest BCUT2D eigenvalue weighted by Gasteiger charge is 2.03. The average molecular weight is 159 g/mol. The summed E-state index contributed by atoms with van der Waals surface area (Å²) in [4.78, 5) is 4.34. The van der Waals surface area contributed by atoms with E-state index in [-0.39, 0.29) is 0 Å². The first-order valence-corrected chi connectivity index (χ1v) is 3.46. The Hall–Kier alpha value is -0.590. The Labute approximate surface area is 61.7 Å². The molecule has 0 saturated heterocycles. The smallest absolute Gasteiger partial charge is 0.158 e. The first-order chi connectivity index (χ1) is 4.24. The van der Waals surface area contributed by atoms with Crippen LogP contribution in [0.3, 0.4) is 0 Å². The third-order valence-electron chi connectivity index (χ3n) is 0.794. The van der Waals surface area contributed by atoms with E-state index in [1.807, 2.05) is 13.0 Å². The first kappa shape index (κ1) is 6.53. The van der Waals surface area contributed by atoms with E-state index in [1.165, 1.54) is 11.3 Å². The van der Waals surface area contributed by atoms with Gasteiger partial charge in [0.15, 0.2) is 5.15 Å². The van der Waals surface area contributed by atoms with Gasteiger partial charge in [0.25, 0.3) is 0 Å². The van der Waals surface area contributed by atoms with Crippen LogP contribution in [0.5, 0.6) is 0 Å². The molecule has 1 aromatic rings. The van der Waals surface area contributed by atoms with Crippen molar-refractivity contribution in [2.75, 3.05) is 0 Å². The summed E-state index contributed by atoms with van der Waals surface area (Å²) in [7, 11) is 0. The van der Waals surface area contributed by atoms with Crippen molar-refractivity contribution in [3.63, 3.8) is 0 Å². The second-order valence-corrected chi connectivity index (χ2v) is 3.03. The van der Waals surface area contributed by atoms with E-state index >= 15 is 0 Å². The monoisotopic (exact) mass is 158 g/mol. The Kier molecular flexibility index (Phi) is 1.70. The van der Waals surface area contributed by atoms with Crippen molar-refractivity contribution in [1.29, 1.82) is 5.26 Å². The van der Waals surface area contributed by atoms with Crippen LogP contribution in [-0.2, 0) is 0 Å². The molecular formula is C5H3ClN2S. The van der Waals surface area contributed by atoms with E-state index < -0.39 is 0 Å². The van der Waals surface area contributed by atoms with Gasteiger partial charge in [0.05, 0.1) is 5.01 Å². The van der Waals surface area contributed by atoms with Gasteiger partial charge < -0.3 is 0 Å². The summed E-state index contributed by atoms with van der Waals surface area (Å²) in [5.74, 6) is 0. The maximum absolute atomic E-state index is 8.37. The van der Waals surface area contributed by atoms with Crippen LogP contribution in [0.1, 0.15) is 9.88 Å². The fourth-order valence-electron chi connectivity index (χ4n) is 0.471. The van der Waals surface area contributed by atoms with Gasteiger partial charge in [-0.3, -0.25) is 0 Å². The van der Waals surface area contributed by atoms with E-state index in [0.29, 0.717) is 10.0 Å². The van der Waals surface area contributed by atoms with Crippen molar-refractivity contribution in [2.24, 2.45) is 0 Å². The highest BCUT2D eigenvalue weighted by molar-refractivity contribution is 7.12. The number of hydrogen-bond donors (Lipinski definition) is 0. The minimum Gasteiger partial charge on any atom is -0.228 e. The molecule has 1 heterocycles. The number of nitrogens with zero attached hydrogens (tertiary/aromatic N) is 2. The summed E-state index contributed by atoms with van der Waals surface area (Å²) in [6, 6.07) is 1.94. The van der Waals surface area contributed by atoms with Crippen molar-refractivity contribution in [2.45, 2.75) is 6.92 Å². The number of nitriles is 1. The van der Waals surface area contributed by atoms with Crippen molar-refractivity contribution >= 4 is 22.9 Å². The molecule has 1 aromatic heterocycles. The van der Waals surface area contributed by atoms with Crippen molar-refractivity contribution in [3.8, 4) is 6.07 Å². The molecule has 0 radical (unpaired) electrons. The molecule has 0 aliphatic rings. The molecule has 1 rings (SSSR count). The van der Waals surface area contributed by atoms with Crippen LogP contribution in [0.2, 0.25) is 5.15 Å². The van der Waals surface area contributed by atoms with Gasteiger partial charge in [0.2, 0.25) is 0 Å². The standard InChI is InChI=1S/C5H3ClN2S/c1-3-8-5(6)4(2-7)9-3/h1H3. The van der Waals surface area contributed by atoms with Crippen LogP contribution >= 0.6 is 22.9 Å². The van der Waals surface area contributed by atoms with Gasteiger partial charge in [0, 0.05) is 0 Å². The lowest BCUT2D eigenvalue weighted by Gasteiger charge is -1.71. The number of hydrogen-bond acceptors (Lipinski definition) is 3. The number of rotatable bonds is 0. The molecule has 0 N–H and O–H groups in total. The molecule has 0 atom stereocenters. The molecule has 4 heteroatoms. The predicted octanol–water partition coefficient (Wildman–Crippen LogP) is 1.98. The number of halogens is 1. The molecule has 0 unspecified atom stereocenters. The lowest BCUT2D eigenvalue weighted by atomic mass is 10.6. The molecule has 0 bridgehead atoms. The quantitative estimate of drug-likeness (QED) is 0.579. The Bertz CT molecular complexity index is 260. The van der Waals surface area contributed by atoms with Crippen molar-refractivity contribution < 1.29 is 0 Å². The largest absolute Gasteiger partial charge is 0.228 e. The maximum atomic E-state index is 8.37. The summed E-state index contributed by atoms with van der Waals surface area (Å²) in [5, 5.41) is 9.52. The van der Waals surface area contributed by atoms with Crippen molar-refractivity contribution in [1.82, 2.24) is 4.98 Å². The molecule has 9 heavy (non-hydrogen) atoms. The minimum absolute atomic E-state index is 0.319. The second-order valence-electron chi connectivity index (χ2n) is 1.46. The average Bonchev–Trinajstić information content (AvgIpc) is 2.10. The van der Waals surface area contributed by atoms with Gasteiger partial charge in [0.1, 0.15) is 10.9 Å². The zero-order valence-electron chi connectivity index (χ0n) is 4.68. The van der Waals surface area contributed by atoms with Gasteiger partial charge in [-0.2, -0.15) is 5.26 Å². The fraction of sp³-hybridized carbons (Fsp3) is 0.200. The molecule has 0 aromatic carbocycles. The van der Waals surface area contributed by atoms with Gasteiger partial charge in [-0.05, 0) is 6.92 Å². The highest BCUT2D eigenvalue weighted by atomic mass is 35.5. The zero-order valence-corrected chi connectivity index (χ0v) is 6.25. The fourth-order valence-corrected chi connectivity index (χ4v) is 1.41. The maximum Gasteiger partial charge on any atom is 0.158 e. The van der Waals surface area contributed by atoms with E-state index in [0.717, 1.165) is 5.01 Å². The SMILES string of the molecule is Cc1nc(Cl)c(C#N)s1.